The van der Waals surface area contributed by atoms with Crippen LogP contribution < -0.4 is 10.0 Å². The van der Waals surface area contributed by atoms with Gasteiger partial charge in [0.05, 0.1) is 11.4 Å². The number of nitrogens with zero attached hydrogens (tertiary/aromatic N) is 2. The van der Waals surface area contributed by atoms with E-state index in [1.54, 1.807) is 17.0 Å². The molecule has 7 heteroatoms. The van der Waals surface area contributed by atoms with Gasteiger partial charge in [-0.2, -0.15) is 0 Å². The van der Waals surface area contributed by atoms with E-state index in [9.17, 15) is 13.2 Å². The number of nitrogens with two attached hydrogens (primary N) is 1. The molecule has 2 atom stereocenters. The highest BCUT2D eigenvalue weighted by Gasteiger charge is 2.29. The van der Waals surface area contributed by atoms with Gasteiger partial charge in [-0.1, -0.05) is 13.8 Å². The van der Waals surface area contributed by atoms with Crippen molar-refractivity contribution < 1.29 is 13.2 Å². The van der Waals surface area contributed by atoms with Gasteiger partial charge >= 0.3 is 0 Å². The van der Waals surface area contributed by atoms with E-state index in [2.05, 4.69) is 18.7 Å². The molecule has 2 aliphatic heterocycles. The maximum Gasteiger partial charge on any atom is 0.241 e. The van der Waals surface area contributed by atoms with Gasteiger partial charge in [0.1, 0.15) is 0 Å². The van der Waals surface area contributed by atoms with Crippen LogP contribution in [0.4, 0.5) is 5.69 Å². The van der Waals surface area contributed by atoms with Gasteiger partial charge in [-0.05, 0) is 48.4 Å². The van der Waals surface area contributed by atoms with Crippen LogP contribution in [-0.4, -0.2) is 45.4 Å². The number of likely N-dealkylation sites (tertiary alicyclic amines) is 1. The molecule has 1 amide bonds. The lowest BCUT2D eigenvalue weighted by Gasteiger charge is -2.35. The van der Waals surface area contributed by atoms with Crippen molar-refractivity contribution >= 4 is 21.6 Å². The molecule has 2 N–H and O–H groups in total. The Kier molecular flexibility index (Phi) is 4.68. The van der Waals surface area contributed by atoms with E-state index >= 15 is 0 Å². The van der Waals surface area contributed by atoms with Crippen molar-refractivity contribution in [3.8, 4) is 0 Å². The second kappa shape index (κ2) is 6.46. The highest BCUT2D eigenvalue weighted by Crippen LogP contribution is 2.30. The zero-order valence-electron chi connectivity index (χ0n) is 14.2. The van der Waals surface area contributed by atoms with E-state index < -0.39 is 10.0 Å². The van der Waals surface area contributed by atoms with E-state index in [0.717, 1.165) is 24.3 Å². The summed E-state index contributed by atoms with van der Waals surface area (Å²) in [6.45, 7) is 7.40. The Hall–Kier alpha value is -1.44. The number of rotatable bonds is 3. The first-order valence-corrected chi connectivity index (χ1v) is 9.97. The molecule has 0 unspecified atom stereocenters. The first-order chi connectivity index (χ1) is 11.2. The van der Waals surface area contributed by atoms with Crippen molar-refractivity contribution in [3.63, 3.8) is 0 Å². The van der Waals surface area contributed by atoms with Crippen molar-refractivity contribution in [2.75, 3.05) is 31.1 Å². The van der Waals surface area contributed by atoms with Crippen LogP contribution in [-0.2, 0) is 21.2 Å². The van der Waals surface area contributed by atoms with E-state index in [4.69, 9.17) is 5.14 Å². The lowest BCUT2D eigenvalue weighted by Crippen LogP contribution is -2.45. The molecule has 1 saturated heterocycles. The molecule has 0 spiro atoms. The Morgan fingerprint density at radius 2 is 1.92 bits per heavy atom. The standard InChI is InChI=1S/C17H25N3O3S/c1-12-7-13(2)10-19(9-12)11-17(21)20-6-5-14-8-15(24(18,22)23)3-4-16(14)20/h3-4,8,12-13H,5-7,9-11H2,1-2H3,(H2,18,22,23)/t12-,13-/m0/s1. The third-order valence-corrected chi connectivity index (χ3v) is 5.79. The summed E-state index contributed by atoms with van der Waals surface area (Å²) in [6, 6.07) is 4.76. The number of sulfonamides is 1. The second-order valence-electron chi connectivity index (χ2n) is 7.27. The van der Waals surface area contributed by atoms with Crippen LogP contribution >= 0.6 is 0 Å². The third-order valence-electron chi connectivity index (χ3n) is 4.88. The zero-order valence-corrected chi connectivity index (χ0v) is 15.1. The maximum atomic E-state index is 12.7. The van der Waals surface area contributed by atoms with Gasteiger partial charge in [0.25, 0.3) is 0 Å². The number of primary sulfonamides is 1. The summed E-state index contributed by atoms with van der Waals surface area (Å²) >= 11 is 0. The minimum absolute atomic E-state index is 0.0819. The average Bonchev–Trinajstić information content (AvgIpc) is 2.88. The Labute approximate surface area is 143 Å². The summed E-state index contributed by atoms with van der Waals surface area (Å²) in [5, 5.41) is 5.18. The Bertz CT molecular complexity index is 737. The van der Waals surface area contributed by atoms with Gasteiger partial charge in [-0.15, -0.1) is 0 Å². The predicted octanol–water partition coefficient (Wildman–Crippen LogP) is 1.20. The zero-order chi connectivity index (χ0) is 17.5. The molecule has 0 bridgehead atoms. The number of carbonyl (C=O) groups is 1. The summed E-state index contributed by atoms with van der Waals surface area (Å²) in [5.74, 6) is 1.31. The highest BCUT2D eigenvalue weighted by atomic mass is 32.2. The van der Waals surface area contributed by atoms with E-state index in [0.29, 0.717) is 31.3 Å². The molecule has 24 heavy (non-hydrogen) atoms. The number of hydrogen-bond acceptors (Lipinski definition) is 4. The summed E-state index contributed by atoms with van der Waals surface area (Å²) in [5.41, 5.74) is 1.68. The molecule has 3 rings (SSSR count). The summed E-state index contributed by atoms with van der Waals surface area (Å²) in [7, 11) is -3.71. The quantitative estimate of drug-likeness (QED) is 0.887. The first kappa shape index (κ1) is 17.4. The van der Waals surface area contributed by atoms with Crippen LogP contribution in [0, 0.1) is 11.8 Å². The van der Waals surface area contributed by atoms with Crippen molar-refractivity contribution in [1.29, 1.82) is 0 Å². The molecular weight excluding hydrogens is 326 g/mol. The summed E-state index contributed by atoms with van der Waals surface area (Å²) in [4.78, 5) is 16.8. The van der Waals surface area contributed by atoms with Gasteiger partial charge in [-0.25, -0.2) is 13.6 Å². The lowest BCUT2D eigenvalue weighted by molar-refractivity contribution is -0.120. The minimum atomic E-state index is -3.71. The molecule has 1 fully saturated rings. The van der Waals surface area contributed by atoms with Gasteiger partial charge in [0.15, 0.2) is 0 Å². The second-order valence-corrected chi connectivity index (χ2v) is 8.83. The minimum Gasteiger partial charge on any atom is -0.311 e. The smallest absolute Gasteiger partial charge is 0.241 e. The molecule has 2 aliphatic rings. The largest absolute Gasteiger partial charge is 0.311 e. The van der Waals surface area contributed by atoms with Crippen LogP contribution in [0.5, 0.6) is 0 Å². The molecule has 1 aromatic rings. The Balaban J connectivity index is 1.73. The number of carbonyl (C=O) groups excluding carboxylic acids is 1. The van der Waals surface area contributed by atoms with Gasteiger partial charge in [0, 0.05) is 25.3 Å². The summed E-state index contributed by atoms with van der Waals surface area (Å²) < 4.78 is 22.9. The van der Waals surface area contributed by atoms with Crippen LogP contribution in [0.1, 0.15) is 25.8 Å². The maximum absolute atomic E-state index is 12.7. The Morgan fingerprint density at radius 3 is 2.54 bits per heavy atom. The molecule has 132 valence electrons. The number of anilines is 1. The number of hydrogen-bond donors (Lipinski definition) is 1. The van der Waals surface area contributed by atoms with Crippen molar-refractivity contribution in [2.24, 2.45) is 17.0 Å². The Morgan fingerprint density at radius 1 is 1.25 bits per heavy atom. The van der Waals surface area contributed by atoms with Crippen LogP contribution in [0.3, 0.4) is 0 Å². The van der Waals surface area contributed by atoms with Crippen molar-refractivity contribution in [3.05, 3.63) is 23.8 Å². The van der Waals surface area contributed by atoms with Crippen LogP contribution in [0.25, 0.3) is 0 Å². The molecule has 2 heterocycles. The van der Waals surface area contributed by atoms with E-state index in [1.165, 1.54) is 12.5 Å². The predicted molar refractivity (Wildman–Crippen MR) is 93.3 cm³/mol. The molecule has 0 saturated carbocycles. The van der Waals surface area contributed by atoms with Gasteiger partial charge in [-0.3, -0.25) is 9.69 Å². The third kappa shape index (κ3) is 3.63. The van der Waals surface area contributed by atoms with Crippen molar-refractivity contribution in [1.82, 2.24) is 4.90 Å². The topological polar surface area (TPSA) is 83.7 Å². The molecule has 6 nitrogen and oxygen atoms in total. The van der Waals surface area contributed by atoms with Crippen LogP contribution in [0.15, 0.2) is 23.1 Å². The average molecular weight is 351 g/mol. The number of benzene rings is 1. The van der Waals surface area contributed by atoms with Crippen molar-refractivity contribution in [2.45, 2.75) is 31.6 Å². The number of fused-ring (bicyclic) bond motifs is 1. The monoisotopic (exact) mass is 351 g/mol. The van der Waals surface area contributed by atoms with E-state index in [-0.39, 0.29) is 10.8 Å². The van der Waals surface area contributed by atoms with Crippen LogP contribution in [0.2, 0.25) is 0 Å². The highest BCUT2D eigenvalue weighted by molar-refractivity contribution is 7.89. The molecule has 0 aromatic heterocycles. The molecule has 0 radical (unpaired) electrons. The normalized spacial score (nSPS) is 24.9. The van der Waals surface area contributed by atoms with Gasteiger partial charge < -0.3 is 4.90 Å². The van der Waals surface area contributed by atoms with E-state index in [1.807, 2.05) is 0 Å². The number of piperidine rings is 1. The fraction of sp³-hybridized carbons (Fsp3) is 0.588. The number of amides is 1. The lowest BCUT2D eigenvalue weighted by atomic mass is 9.92. The molecular formula is C17H25N3O3S. The first-order valence-electron chi connectivity index (χ1n) is 8.42. The summed E-state index contributed by atoms with van der Waals surface area (Å²) in [6.07, 6.45) is 1.88. The molecule has 0 aliphatic carbocycles. The molecule has 1 aromatic carbocycles. The SMILES string of the molecule is C[C@H]1C[C@H](C)CN(CC(=O)N2CCc3cc(S(N)(=O)=O)ccc32)C1. The van der Waals surface area contributed by atoms with Gasteiger partial charge in [0.2, 0.25) is 15.9 Å². The fourth-order valence-corrected chi connectivity index (χ4v) is 4.58. The fourth-order valence-electron chi connectivity index (χ4n) is 4.01.